The number of benzene rings is 1. The van der Waals surface area contributed by atoms with Crippen LogP contribution in [0.1, 0.15) is 6.92 Å². The van der Waals surface area contributed by atoms with Gasteiger partial charge in [0.25, 0.3) is 0 Å². The minimum absolute atomic E-state index is 0.230. The molecule has 0 aliphatic rings. The van der Waals surface area contributed by atoms with Crippen LogP contribution < -0.4 is 16.2 Å². The topological polar surface area (TPSA) is 82.2 Å². The summed E-state index contributed by atoms with van der Waals surface area (Å²) in [4.78, 5) is 10.8. The van der Waals surface area contributed by atoms with Crippen molar-refractivity contribution in [2.24, 2.45) is 5.73 Å². The molecule has 0 radical (unpaired) electrons. The van der Waals surface area contributed by atoms with Crippen molar-refractivity contribution in [3.8, 4) is 0 Å². The number of carbonyl (C=O) groups is 1. The van der Waals surface area contributed by atoms with Crippen LogP contribution in [0.4, 0.5) is 5.69 Å². The van der Waals surface area contributed by atoms with Gasteiger partial charge in [-0.1, -0.05) is 18.2 Å². The van der Waals surface area contributed by atoms with E-state index in [2.05, 4.69) is 5.43 Å². The summed E-state index contributed by atoms with van der Waals surface area (Å²) >= 11 is 0. The highest BCUT2D eigenvalue weighted by Gasteiger charge is 2.09. The maximum atomic E-state index is 10.8. The highest BCUT2D eigenvalue weighted by atomic mass is 16.2. The number of anilines is 1. The van der Waals surface area contributed by atoms with Crippen molar-refractivity contribution in [2.45, 2.75) is 6.92 Å². The molecule has 74 valence electrons. The standard InChI is InChI=1S/C9H12N4O/c1-7(14)12-13(9(10)11)8-5-3-2-4-6-8/h2-6H,1H3,(H3,10,11)(H,12,14). The van der Waals surface area contributed by atoms with E-state index in [0.717, 1.165) is 0 Å². The van der Waals surface area contributed by atoms with Gasteiger partial charge >= 0.3 is 0 Å². The van der Waals surface area contributed by atoms with Gasteiger partial charge in [-0.2, -0.15) is 0 Å². The fraction of sp³-hybridized carbons (Fsp3) is 0.111. The van der Waals surface area contributed by atoms with E-state index in [1.165, 1.54) is 11.9 Å². The monoisotopic (exact) mass is 192 g/mol. The average molecular weight is 192 g/mol. The molecule has 0 saturated carbocycles. The summed E-state index contributed by atoms with van der Waals surface area (Å²) in [5.74, 6) is -0.504. The number of para-hydroxylation sites is 1. The number of nitrogens with zero attached hydrogens (tertiary/aromatic N) is 1. The molecule has 0 aliphatic heterocycles. The molecule has 0 unspecified atom stereocenters. The first kappa shape index (κ1) is 10.0. The van der Waals surface area contributed by atoms with Crippen LogP contribution >= 0.6 is 0 Å². The summed E-state index contributed by atoms with van der Waals surface area (Å²) in [5, 5.41) is 8.48. The van der Waals surface area contributed by atoms with Gasteiger partial charge in [0.05, 0.1) is 5.69 Å². The lowest BCUT2D eigenvalue weighted by molar-refractivity contribution is -0.118. The van der Waals surface area contributed by atoms with Gasteiger partial charge in [-0.15, -0.1) is 0 Å². The smallest absolute Gasteiger partial charge is 0.235 e. The van der Waals surface area contributed by atoms with Gasteiger partial charge in [0.15, 0.2) is 0 Å². The first-order valence-corrected chi connectivity index (χ1v) is 4.07. The van der Waals surface area contributed by atoms with Gasteiger partial charge < -0.3 is 5.73 Å². The molecule has 0 atom stereocenters. The molecule has 5 nitrogen and oxygen atoms in total. The van der Waals surface area contributed by atoms with Gasteiger partial charge in [-0.25, -0.2) is 5.01 Å². The predicted molar refractivity (Wildman–Crippen MR) is 54.7 cm³/mol. The number of nitrogens with one attached hydrogen (secondary N) is 2. The Labute approximate surface area is 82.0 Å². The number of hydrazine groups is 1. The largest absolute Gasteiger partial charge is 0.368 e. The molecule has 4 N–H and O–H groups in total. The molecule has 1 aromatic rings. The van der Waals surface area contributed by atoms with Crippen LogP contribution in [-0.2, 0) is 4.79 Å². The number of hydrogen-bond acceptors (Lipinski definition) is 2. The molecule has 1 amide bonds. The third-order valence-corrected chi connectivity index (χ3v) is 1.52. The van der Waals surface area contributed by atoms with Crippen LogP contribution in [0.15, 0.2) is 30.3 Å². The van der Waals surface area contributed by atoms with Crippen LogP contribution in [0.2, 0.25) is 0 Å². The number of nitrogens with two attached hydrogens (primary N) is 1. The summed E-state index contributed by atoms with van der Waals surface area (Å²) in [7, 11) is 0. The summed E-state index contributed by atoms with van der Waals surface area (Å²) in [5.41, 5.74) is 8.40. The molecule has 1 aromatic carbocycles. The molecule has 0 spiro atoms. The second kappa shape index (κ2) is 4.27. The minimum Gasteiger partial charge on any atom is -0.368 e. The van der Waals surface area contributed by atoms with Crippen molar-refractivity contribution in [3.63, 3.8) is 0 Å². The van der Waals surface area contributed by atoms with Crippen molar-refractivity contribution < 1.29 is 4.79 Å². The highest BCUT2D eigenvalue weighted by molar-refractivity contribution is 5.95. The van der Waals surface area contributed by atoms with E-state index < -0.39 is 0 Å². The van der Waals surface area contributed by atoms with Gasteiger partial charge in [-0.05, 0) is 12.1 Å². The Kier molecular flexibility index (Phi) is 3.06. The fourth-order valence-electron chi connectivity index (χ4n) is 0.998. The first-order chi connectivity index (χ1) is 6.61. The van der Waals surface area contributed by atoms with Crippen molar-refractivity contribution in [1.29, 1.82) is 5.41 Å². The second-order valence-corrected chi connectivity index (χ2v) is 2.72. The zero-order valence-corrected chi connectivity index (χ0v) is 7.82. The Balaban J connectivity index is 2.89. The molecule has 14 heavy (non-hydrogen) atoms. The molecule has 1 rings (SSSR count). The van der Waals surface area contributed by atoms with E-state index in [1.54, 1.807) is 24.3 Å². The summed E-state index contributed by atoms with van der Waals surface area (Å²) in [6, 6.07) is 8.93. The van der Waals surface area contributed by atoms with E-state index in [-0.39, 0.29) is 11.9 Å². The number of guanidine groups is 1. The maximum Gasteiger partial charge on any atom is 0.235 e. The zero-order valence-electron chi connectivity index (χ0n) is 7.82. The number of amides is 1. The summed E-state index contributed by atoms with van der Waals surface area (Å²) in [6.07, 6.45) is 0. The van der Waals surface area contributed by atoms with E-state index in [4.69, 9.17) is 11.1 Å². The van der Waals surface area contributed by atoms with Gasteiger partial charge in [-0.3, -0.25) is 15.6 Å². The molecule has 5 heteroatoms. The molecule has 0 bridgehead atoms. The van der Waals surface area contributed by atoms with E-state index in [9.17, 15) is 4.79 Å². The van der Waals surface area contributed by atoms with Crippen LogP contribution in [0.25, 0.3) is 0 Å². The Morgan fingerprint density at radius 3 is 2.43 bits per heavy atom. The van der Waals surface area contributed by atoms with Gasteiger partial charge in [0.1, 0.15) is 0 Å². The van der Waals surface area contributed by atoms with Crippen molar-refractivity contribution in [3.05, 3.63) is 30.3 Å². The van der Waals surface area contributed by atoms with Crippen LogP contribution in [0.5, 0.6) is 0 Å². The van der Waals surface area contributed by atoms with Gasteiger partial charge in [0, 0.05) is 6.92 Å². The lowest BCUT2D eigenvalue weighted by Crippen LogP contribution is -2.48. The average Bonchev–Trinajstić information content (AvgIpc) is 2.15. The highest BCUT2D eigenvalue weighted by Crippen LogP contribution is 2.09. The first-order valence-electron chi connectivity index (χ1n) is 4.07. The minimum atomic E-state index is -0.274. The second-order valence-electron chi connectivity index (χ2n) is 2.72. The zero-order chi connectivity index (χ0) is 10.6. The molecule has 0 fully saturated rings. The Morgan fingerprint density at radius 2 is 2.00 bits per heavy atom. The molecular weight excluding hydrogens is 180 g/mol. The molecule has 0 aliphatic carbocycles. The number of carbonyl (C=O) groups excluding carboxylic acids is 1. The molecule has 0 saturated heterocycles. The summed E-state index contributed by atoms with van der Waals surface area (Å²) in [6.45, 7) is 1.36. The normalized spacial score (nSPS) is 9.21. The third kappa shape index (κ3) is 2.48. The number of rotatable bonds is 1. The van der Waals surface area contributed by atoms with E-state index >= 15 is 0 Å². The lowest BCUT2D eigenvalue weighted by Gasteiger charge is -2.22. The third-order valence-electron chi connectivity index (χ3n) is 1.52. The Morgan fingerprint density at radius 1 is 1.43 bits per heavy atom. The SMILES string of the molecule is CC(=O)NN(C(=N)N)c1ccccc1. The van der Waals surface area contributed by atoms with Crippen LogP contribution in [0.3, 0.4) is 0 Å². The summed E-state index contributed by atoms with van der Waals surface area (Å²) < 4.78 is 0. The van der Waals surface area contributed by atoms with Crippen molar-refractivity contribution in [2.75, 3.05) is 5.01 Å². The predicted octanol–water partition coefficient (Wildman–Crippen LogP) is 0.438. The Hall–Kier alpha value is -2.04. The van der Waals surface area contributed by atoms with E-state index in [1.807, 2.05) is 6.07 Å². The van der Waals surface area contributed by atoms with E-state index in [0.29, 0.717) is 5.69 Å². The van der Waals surface area contributed by atoms with Gasteiger partial charge in [0.2, 0.25) is 11.9 Å². The molecular formula is C9H12N4O. The Bertz CT molecular complexity index is 336. The van der Waals surface area contributed by atoms with Crippen LogP contribution in [0, 0.1) is 5.41 Å². The quantitative estimate of drug-likeness (QED) is 0.343. The maximum absolute atomic E-state index is 10.8. The molecule has 0 aromatic heterocycles. The fourth-order valence-corrected chi connectivity index (χ4v) is 0.998. The number of hydrogen-bond donors (Lipinski definition) is 3. The molecule has 0 heterocycles. The lowest BCUT2D eigenvalue weighted by atomic mass is 10.3. The van der Waals surface area contributed by atoms with Crippen LogP contribution in [-0.4, -0.2) is 11.9 Å². The van der Waals surface area contributed by atoms with Crippen molar-refractivity contribution in [1.82, 2.24) is 5.43 Å². The van der Waals surface area contributed by atoms with Crippen molar-refractivity contribution >= 4 is 17.6 Å².